The van der Waals surface area contributed by atoms with Gasteiger partial charge in [-0.3, -0.25) is 14.9 Å². The SMILES string of the molecule is COc1cc(C=Cc2ccc(Oc3cccc(CC4SC(=O)NC4=O)c3)cc2)cc(OC)c1. The molecular formula is C26H23NO5S. The number of hydrogen-bond acceptors (Lipinski definition) is 6. The number of rotatable bonds is 8. The van der Waals surface area contributed by atoms with Gasteiger partial charge < -0.3 is 14.2 Å². The zero-order chi connectivity index (χ0) is 23.2. The lowest BCUT2D eigenvalue weighted by atomic mass is 10.1. The van der Waals surface area contributed by atoms with E-state index in [-0.39, 0.29) is 11.1 Å². The molecule has 1 saturated heterocycles. The largest absolute Gasteiger partial charge is 0.497 e. The highest BCUT2D eigenvalue weighted by atomic mass is 32.2. The summed E-state index contributed by atoms with van der Waals surface area (Å²) in [5.41, 5.74) is 2.93. The molecule has 168 valence electrons. The van der Waals surface area contributed by atoms with Crippen molar-refractivity contribution >= 4 is 35.1 Å². The summed E-state index contributed by atoms with van der Waals surface area (Å²) >= 11 is 1.03. The lowest BCUT2D eigenvalue weighted by Gasteiger charge is -2.09. The summed E-state index contributed by atoms with van der Waals surface area (Å²) < 4.78 is 16.6. The predicted octanol–water partition coefficient (Wildman–Crippen LogP) is 5.56. The Hall–Kier alpha value is -3.71. The smallest absolute Gasteiger partial charge is 0.286 e. The molecular weight excluding hydrogens is 438 g/mol. The number of thioether (sulfide) groups is 1. The molecule has 1 fully saturated rings. The molecule has 2 amide bonds. The molecule has 1 atom stereocenters. The highest BCUT2D eigenvalue weighted by Gasteiger charge is 2.31. The Balaban J connectivity index is 1.40. The third kappa shape index (κ3) is 5.96. The first-order chi connectivity index (χ1) is 16.0. The number of methoxy groups -OCH3 is 2. The number of imide groups is 1. The van der Waals surface area contributed by atoms with Gasteiger partial charge >= 0.3 is 0 Å². The van der Waals surface area contributed by atoms with Crippen molar-refractivity contribution in [3.05, 3.63) is 83.4 Å². The molecule has 6 nitrogen and oxygen atoms in total. The summed E-state index contributed by atoms with van der Waals surface area (Å²) in [5, 5.41) is 1.62. The van der Waals surface area contributed by atoms with Gasteiger partial charge in [0.1, 0.15) is 23.0 Å². The van der Waals surface area contributed by atoms with E-state index >= 15 is 0 Å². The minimum absolute atomic E-state index is 0.243. The van der Waals surface area contributed by atoms with Crippen LogP contribution in [0.2, 0.25) is 0 Å². The zero-order valence-electron chi connectivity index (χ0n) is 18.2. The van der Waals surface area contributed by atoms with Crippen LogP contribution in [0.15, 0.2) is 66.7 Å². The number of ether oxygens (including phenoxy) is 3. The highest BCUT2D eigenvalue weighted by molar-refractivity contribution is 8.15. The van der Waals surface area contributed by atoms with Crippen LogP contribution in [-0.2, 0) is 11.2 Å². The van der Waals surface area contributed by atoms with E-state index in [0.29, 0.717) is 17.9 Å². The summed E-state index contributed by atoms with van der Waals surface area (Å²) in [5.74, 6) is 2.61. The van der Waals surface area contributed by atoms with E-state index in [9.17, 15) is 9.59 Å². The van der Waals surface area contributed by atoms with Gasteiger partial charge in [-0.15, -0.1) is 0 Å². The minimum atomic E-state index is -0.400. The van der Waals surface area contributed by atoms with Gasteiger partial charge in [0.05, 0.1) is 19.5 Å². The predicted molar refractivity (Wildman–Crippen MR) is 130 cm³/mol. The first-order valence-electron chi connectivity index (χ1n) is 10.3. The van der Waals surface area contributed by atoms with Crippen LogP contribution in [0.1, 0.15) is 16.7 Å². The monoisotopic (exact) mass is 461 g/mol. The van der Waals surface area contributed by atoms with Crippen LogP contribution in [0.3, 0.4) is 0 Å². The Morgan fingerprint density at radius 2 is 1.52 bits per heavy atom. The van der Waals surface area contributed by atoms with Crippen molar-refractivity contribution in [2.45, 2.75) is 11.7 Å². The van der Waals surface area contributed by atoms with E-state index in [1.165, 1.54) is 0 Å². The van der Waals surface area contributed by atoms with Crippen molar-refractivity contribution in [1.82, 2.24) is 5.32 Å². The van der Waals surface area contributed by atoms with Crippen LogP contribution in [0, 0.1) is 0 Å². The van der Waals surface area contributed by atoms with Crippen molar-refractivity contribution < 1.29 is 23.8 Å². The van der Waals surface area contributed by atoms with E-state index in [1.54, 1.807) is 14.2 Å². The van der Waals surface area contributed by atoms with Crippen LogP contribution in [0.5, 0.6) is 23.0 Å². The normalized spacial score (nSPS) is 15.5. The molecule has 1 N–H and O–H groups in total. The molecule has 0 saturated carbocycles. The van der Waals surface area contributed by atoms with Crippen molar-refractivity contribution in [1.29, 1.82) is 0 Å². The lowest BCUT2D eigenvalue weighted by Crippen LogP contribution is -2.25. The lowest BCUT2D eigenvalue weighted by molar-refractivity contribution is -0.118. The minimum Gasteiger partial charge on any atom is -0.497 e. The molecule has 1 unspecified atom stereocenters. The fraction of sp³-hybridized carbons (Fsp3) is 0.154. The van der Waals surface area contributed by atoms with Crippen LogP contribution >= 0.6 is 11.8 Å². The van der Waals surface area contributed by atoms with Gasteiger partial charge in [-0.2, -0.15) is 0 Å². The maximum absolute atomic E-state index is 11.8. The molecule has 0 radical (unpaired) electrons. The van der Waals surface area contributed by atoms with Crippen LogP contribution in [0.25, 0.3) is 12.2 Å². The third-order valence-electron chi connectivity index (χ3n) is 5.04. The maximum Gasteiger partial charge on any atom is 0.286 e. The molecule has 3 aromatic carbocycles. The quantitative estimate of drug-likeness (QED) is 0.443. The first-order valence-corrected chi connectivity index (χ1v) is 11.2. The van der Waals surface area contributed by atoms with Crippen molar-refractivity contribution in [2.75, 3.05) is 14.2 Å². The Morgan fingerprint density at radius 3 is 2.15 bits per heavy atom. The Morgan fingerprint density at radius 1 is 0.818 bits per heavy atom. The summed E-state index contributed by atoms with van der Waals surface area (Å²) in [6, 6.07) is 21.0. The van der Waals surface area contributed by atoms with Crippen LogP contribution in [-0.4, -0.2) is 30.6 Å². The van der Waals surface area contributed by atoms with Crippen molar-refractivity contribution in [3.8, 4) is 23.0 Å². The van der Waals surface area contributed by atoms with Crippen molar-refractivity contribution in [2.24, 2.45) is 0 Å². The van der Waals surface area contributed by atoms with E-state index in [2.05, 4.69) is 5.32 Å². The zero-order valence-corrected chi connectivity index (χ0v) is 19.1. The number of benzene rings is 3. The Bertz CT molecular complexity index is 1170. The standard InChI is InChI=1S/C26H23NO5S/c1-30-22-13-19(14-23(16-22)31-2)7-6-17-8-10-20(11-9-17)32-21-5-3-4-18(12-21)15-24-25(28)27-26(29)33-24/h3-14,16,24H,15H2,1-2H3,(H,27,28,29). The molecule has 0 spiro atoms. The summed E-state index contributed by atoms with van der Waals surface area (Å²) in [6.45, 7) is 0. The average Bonchev–Trinajstić information content (AvgIpc) is 3.14. The summed E-state index contributed by atoms with van der Waals surface area (Å²) in [7, 11) is 3.25. The van der Waals surface area contributed by atoms with Crippen LogP contribution < -0.4 is 19.5 Å². The fourth-order valence-electron chi connectivity index (χ4n) is 3.38. The van der Waals surface area contributed by atoms with Gasteiger partial charge in [-0.05, 0) is 59.5 Å². The van der Waals surface area contributed by atoms with Gasteiger partial charge in [0.15, 0.2) is 0 Å². The van der Waals surface area contributed by atoms with Gasteiger partial charge in [0.2, 0.25) is 5.91 Å². The van der Waals surface area contributed by atoms with Crippen molar-refractivity contribution in [3.63, 3.8) is 0 Å². The summed E-state index contributed by atoms with van der Waals surface area (Å²) in [6.07, 6.45) is 4.47. The molecule has 3 aromatic rings. The topological polar surface area (TPSA) is 73.9 Å². The molecule has 1 aliphatic heterocycles. The number of carbonyl (C=O) groups excluding carboxylic acids is 2. The number of amides is 2. The maximum atomic E-state index is 11.8. The third-order valence-corrected chi connectivity index (χ3v) is 6.03. The van der Waals surface area contributed by atoms with Gasteiger partial charge in [-0.1, -0.05) is 48.2 Å². The Labute approximate surface area is 196 Å². The second-order valence-electron chi connectivity index (χ2n) is 7.39. The molecule has 4 rings (SSSR count). The molecule has 0 aliphatic carbocycles. The molecule has 0 bridgehead atoms. The second kappa shape index (κ2) is 10.3. The van der Waals surface area contributed by atoms with E-state index in [1.807, 2.05) is 78.9 Å². The average molecular weight is 462 g/mol. The first kappa shape index (κ1) is 22.5. The number of nitrogens with one attached hydrogen (secondary N) is 1. The molecule has 33 heavy (non-hydrogen) atoms. The van der Waals surface area contributed by atoms with E-state index in [0.717, 1.165) is 40.0 Å². The molecule has 1 aliphatic rings. The molecule has 0 aromatic heterocycles. The second-order valence-corrected chi connectivity index (χ2v) is 8.56. The van der Waals surface area contributed by atoms with E-state index < -0.39 is 5.25 Å². The highest BCUT2D eigenvalue weighted by Crippen LogP contribution is 2.28. The number of hydrogen-bond donors (Lipinski definition) is 1. The fourth-order valence-corrected chi connectivity index (χ4v) is 4.24. The van der Waals surface area contributed by atoms with Gasteiger partial charge in [0.25, 0.3) is 5.24 Å². The molecule has 7 heteroatoms. The number of carbonyl (C=O) groups is 2. The molecule has 1 heterocycles. The van der Waals surface area contributed by atoms with Crippen LogP contribution in [0.4, 0.5) is 4.79 Å². The van der Waals surface area contributed by atoms with E-state index in [4.69, 9.17) is 14.2 Å². The van der Waals surface area contributed by atoms with Gasteiger partial charge in [0, 0.05) is 6.07 Å². The van der Waals surface area contributed by atoms with Gasteiger partial charge in [-0.25, -0.2) is 0 Å². The Kier molecular flexibility index (Phi) is 7.00. The summed E-state index contributed by atoms with van der Waals surface area (Å²) in [4.78, 5) is 23.2.